The molecule has 2 N–H and O–H groups in total. The van der Waals surface area contributed by atoms with Gasteiger partial charge in [-0.05, 0) is 36.6 Å². The molecule has 1 aliphatic heterocycles. The van der Waals surface area contributed by atoms with Gasteiger partial charge in [-0.2, -0.15) is 5.10 Å². The molecular formula is C16H21N3O4. The van der Waals surface area contributed by atoms with Gasteiger partial charge in [-0.15, -0.1) is 0 Å². The number of carbonyl (C=O) groups excluding carboxylic acids is 2. The van der Waals surface area contributed by atoms with Gasteiger partial charge in [-0.25, -0.2) is 5.43 Å². The molecule has 0 aromatic heterocycles. The molecule has 2 rings (SSSR count). The van der Waals surface area contributed by atoms with E-state index in [-0.39, 0.29) is 24.1 Å². The molecule has 2 amide bonds. The van der Waals surface area contributed by atoms with Gasteiger partial charge in [0.2, 0.25) is 5.91 Å². The van der Waals surface area contributed by atoms with Crippen LogP contribution in [0, 0.1) is 0 Å². The number of hydrazone groups is 1. The number of phenolic OH excluding ortho intramolecular Hbond substituents is 1. The third kappa shape index (κ3) is 4.98. The molecule has 0 radical (unpaired) electrons. The molecule has 0 saturated carbocycles. The number of hydrogen-bond acceptors (Lipinski definition) is 5. The van der Waals surface area contributed by atoms with Gasteiger partial charge < -0.3 is 14.7 Å². The molecule has 0 atom stereocenters. The topological polar surface area (TPSA) is 91.2 Å². The largest absolute Gasteiger partial charge is 0.504 e. The van der Waals surface area contributed by atoms with Crippen molar-refractivity contribution in [3.63, 3.8) is 0 Å². The van der Waals surface area contributed by atoms with Crippen molar-refractivity contribution in [3.05, 3.63) is 23.8 Å². The van der Waals surface area contributed by atoms with Crippen LogP contribution in [0.2, 0.25) is 0 Å². The molecule has 1 aromatic rings. The lowest BCUT2D eigenvalue weighted by molar-refractivity contribution is -0.135. The fraction of sp³-hybridized carbons (Fsp3) is 0.438. The van der Waals surface area contributed by atoms with E-state index in [4.69, 9.17) is 4.74 Å². The number of rotatable bonds is 5. The molecule has 7 nitrogen and oxygen atoms in total. The Hall–Kier alpha value is -2.57. The van der Waals surface area contributed by atoms with Crippen molar-refractivity contribution in [1.82, 2.24) is 10.3 Å². The van der Waals surface area contributed by atoms with Crippen LogP contribution in [0.25, 0.3) is 0 Å². The zero-order valence-corrected chi connectivity index (χ0v) is 13.1. The van der Waals surface area contributed by atoms with E-state index in [0.29, 0.717) is 24.3 Å². The van der Waals surface area contributed by atoms with Crippen molar-refractivity contribution in [2.24, 2.45) is 5.10 Å². The van der Waals surface area contributed by atoms with Gasteiger partial charge in [-0.3, -0.25) is 9.59 Å². The average molecular weight is 319 g/mol. The Labute approximate surface area is 134 Å². The lowest BCUT2D eigenvalue weighted by Crippen LogP contribution is -2.39. The summed E-state index contributed by atoms with van der Waals surface area (Å²) in [5, 5.41) is 13.4. The predicted octanol–water partition coefficient (Wildman–Crippen LogP) is 1.25. The van der Waals surface area contributed by atoms with Crippen LogP contribution in [0.4, 0.5) is 0 Å². The second kappa shape index (κ2) is 8.17. The van der Waals surface area contributed by atoms with Crippen LogP contribution in [0.1, 0.15) is 31.2 Å². The number of amides is 2. The minimum absolute atomic E-state index is 0.0184. The molecule has 1 fully saturated rings. The number of likely N-dealkylation sites (tertiary alicyclic amines) is 1. The van der Waals surface area contributed by atoms with Crippen molar-refractivity contribution in [1.29, 1.82) is 0 Å². The van der Waals surface area contributed by atoms with Crippen molar-refractivity contribution in [3.8, 4) is 11.5 Å². The summed E-state index contributed by atoms with van der Waals surface area (Å²) < 4.78 is 4.99. The Morgan fingerprint density at radius 2 is 2.26 bits per heavy atom. The lowest BCUT2D eigenvalue weighted by Gasteiger charge is -2.18. The standard InChI is InChI=1S/C16H21N3O4/c1-23-14-9-12(6-7-13(14)20)10-17-18-15(21)11-19-8-4-2-3-5-16(19)22/h6-7,9-10,20H,2-5,8,11H2,1H3,(H,18,21)/b17-10+. The monoisotopic (exact) mass is 319 g/mol. The molecule has 1 aliphatic rings. The Morgan fingerprint density at radius 3 is 3.04 bits per heavy atom. The molecule has 124 valence electrons. The van der Waals surface area contributed by atoms with Crippen LogP contribution in [0.15, 0.2) is 23.3 Å². The molecule has 1 saturated heterocycles. The van der Waals surface area contributed by atoms with E-state index >= 15 is 0 Å². The highest BCUT2D eigenvalue weighted by atomic mass is 16.5. The first kappa shape index (κ1) is 16.8. The first-order valence-electron chi connectivity index (χ1n) is 7.57. The Kier molecular flexibility index (Phi) is 5.96. The van der Waals surface area contributed by atoms with Gasteiger partial charge in [0.05, 0.1) is 13.3 Å². The highest BCUT2D eigenvalue weighted by molar-refractivity contribution is 5.86. The van der Waals surface area contributed by atoms with Crippen LogP contribution < -0.4 is 10.2 Å². The number of methoxy groups -OCH3 is 1. The summed E-state index contributed by atoms with van der Waals surface area (Å²) in [7, 11) is 1.45. The van der Waals surface area contributed by atoms with Crippen LogP contribution in [0.3, 0.4) is 0 Å². The Bertz CT molecular complexity index is 601. The number of nitrogens with one attached hydrogen (secondary N) is 1. The van der Waals surface area contributed by atoms with Gasteiger partial charge in [0.1, 0.15) is 6.54 Å². The highest BCUT2D eigenvalue weighted by Gasteiger charge is 2.18. The second-order valence-corrected chi connectivity index (χ2v) is 5.35. The number of benzene rings is 1. The summed E-state index contributed by atoms with van der Waals surface area (Å²) in [6, 6.07) is 4.73. The van der Waals surface area contributed by atoms with Crippen LogP contribution in [0.5, 0.6) is 11.5 Å². The van der Waals surface area contributed by atoms with Gasteiger partial charge >= 0.3 is 0 Å². The van der Waals surface area contributed by atoms with Gasteiger partial charge in [-0.1, -0.05) is 6.42 Å². The Morgan fingerprint density at radius 1 is 1.43 bits per heavy atom. The van der Waals surface area contributed by atoms with Crippen LogP contribution >= 0.6 is 0 Å². The van der Waals surface area contributed by atoms with Crippen molar-refractivity contribution < 1.29 is 19.4 Å². The summed E-state index contributed by atoms with van der Waals surface area (Å²) in [5.74, 6) is 0.0518. The number of ether oxygens (including phenoxy) is 1. The molecule has 1 heterocycles. The lowest BCUT2D eigenvalue weighted by atomic mass is 10.2. The third-order valence-electron chi connectivity index (χ3n) is 3.61. The SMILES string of the molecule is COc1cc(/C=N/NC(=O)CN2CCCCCC2=O)ccc1O. The number of carbonyl (C=O) groups is 2. The molecule has 7 heteroatoms. The minimum Gasteiger partial charge on any atom is -0.504 e. The van der Waals surface area contributed by atoms with Gasteiger partial charge in [0.15, 0.2) is 11.5 Å². The smallest absolute Gasteiger partial charge is 0.259 e. The van der Waals surface area contributed by atoms with E-state index in [2.05, 4.69) is 10.5 Å². The zero-order chi connectivity index (χ0) is 16.7. The molecule has 0 unspecified atom stereocenters. The summed E-state index contributed by atoms with van der Waals surface area (Å²) in [5.41, 5.74) is 3.08. The van der Waals surface area contributed by atoms with Crippen LogP contribution in [-0.4, -0.2) is 48.2 Å². The molecular weight excluding hydrogens is 298 g/mol. The van der Waals surface area contributed by atoms with E-state index < -0.39 is 0 Å². The number of aromatic hydroxyl groups is 1. The first-order chi connectivity index (χ1) is 11.1. The number of hydrogen-bond donors (Lipinski definition) is 2. The van der Waals surface area contributed by atoms with E-state index in [9.17, 15) is 14.7 Å². The molecule has 1 aromatic carbocycles. The maximum atomic E-state index is 11.9. The van der Waals surface area contributed by atoms with E-state index in [1.165, 1.54) is 19.4 Å². The molecule has 0 aliphatic carbocycles. The van der Waals surface area contributed by atoms with Crippen LogP contribution in [-0.2, 0) is 9.59 Å². The highest BCUT2D eigenvalue weighted by Crippen LogP contribution is 2.25. The first-order valence-corrected chi connectivity index (χ1v) is 7.57. The maximum absolute atomic E-state index is 11.9. The quantitative estimate of drug-likeness (QED) is 0.631. The van der Waals surface area contributed by atoms with E-state index in [1.807, 2.05) is 0 Å². The van der Waals surface area contributed by atoms with Gasteiger partial charge in [0, 0.05) is 13.0 Å². The molecule has 23 heavy (non-hydrogen) atoms. The number of nitrogens with zero attached hydrogens (tertiary/aromatic N) is 2. The fourth-order valence-corrected chi connectivity index (χ4v) is 2.37. The zero-order valence-electron chi connectivity index (χ0n) is 13.1. The second-order valence-electron chi connectivity index (χ2n) is 5.35. The minimum atomic E-state index is -0.331. The van der Waals surface area contributed by atoms with Crippen molar-refractivity contribution in [2.45, 2.75) is 25.7 Å². The predicted molar refractivity (Wildman–Crippen MR) is 85.4 cm³/mol. The van der Waals surface area contributed by atoms with E-state index in [1.54, 1.807) is 17.0 Å². The van der Waals surface area contributed by atoms with Gasteiger partial charge in [0.25, 0.3) is 5.91 Å². The summed E-state index contributed by atoms with van der Waals surface area (Å²) in [4.78, 5) is 25.2. The van der Waals surface area contributed by atoms with E-state index in [0.717, 1.165) is 19.3 Å². The van der Waals surface area contributed by atoms with Crippen molar-refractivity contribution in [2.75, 3.05) is 20.2 Å². The number of phenols is 1. The molecule has 0 bridgehead atoms. The molecule has 0 spiro atoms. The summed E-state index contributed by atoms with van der Waals surface area (Å²) in [6.07, 6.45) is 4.78. The normalized spacial score (nSPS) is 15.5. The summed E-state index contributed by atoms with van der Waals surface area (Å²) >= 11 is 0. The Balaban J connectivity index is 1.87. The van der Waals surface area contributed by atoms with Crippen molar-refractivity contribution >= 4 is 18.0 Å². The summed E-state index contributed by atoms with van der Waals surface area (Å²) in [6.45, 7) is 0.639. The fourth-order valence-electron chi connectivity index (χ4n) is 2.37. The average Bonchev–Trinajstić information content (AvgIpc) is 2.74. The maximum Gasteiger partial charge on any atom is 0.259 e. The third-order valence-corrected chi connectivity index (χ3v) is 3.61.